The molecule has 1 atom stereocenters. The summed E-state index contributed by atoms with van der Waals surface area (Å²) in [4.78, 5) is 12.4. The number of carbonyl (C=O) groups is 1. The number of carbonyl (C=O) groups excluding carboxylic acids is 1. The Labute approximate surface area is 171 Å². The van der Waals surface area contributed by atoms with Crippen LogP contribution in [0, 0.1) is 6.92 Å². The Morgan fingerprint density at radius 3 is 2.50 bits per heavy atom. The van der Waals surface area contributed by atoms with Gasteiger partial charge in [-0.15, -0.1) is 0 Å². The molecule has 1 amide bonds. The normalized spacial score (nSPS) is 11.6. The van der Waals surface area contributed by atoms with Gasteiger partial charge in [0.25, 0.3) is 5.91 Å². The zero-order chi connectivity index (χ0) is 20.5. The molecule has 0 fully saturated rings. The minimum Gasteiger partial charge on any atom is -0.493 e. The van der Waals surface area contributed by atoms with Gasteiger partial charge < -0.3 is 19.5 Å². The molecule has 2 aromatic rings. The molecule has 0 heterocycles. The van der Waals surface area contributed by atoms with E-state index in [1.165, 1.54) is 0 Å². The molecular weight excluding hydrogens is 378 g/mol. The Morgan fingerprint density at radius 1 is 1.11 bits per heavy atom. The van der Waals surface area contributed by atoms with E-state index in [1.54, 1.807) is 26.4 Å². The molecule has 0 spiro atoms. The summed E-state index contributed by atoms with van der Waals surface area (Å²) in [5, 5.41) is 3.64. The van der Waals surface area contributed by atoms with E-state index in [-0.39, 0.29) is 5.91 Å². The Morgan fingerprint density at radius 2 is 1.86 bits per heavy atom. The van der Waals surface area contributed by atoms with Gasteiger partial charge in [-0.25, -0.2) is 0 Å². The number of aryl methyl sites for hydroxylation is 2. The summed E-state index contributed by atoms with van der Waals surface area (Å²) < 4.78 is 16.4. The van der Waals surface area contributed by atoms with Crippen LogP contribution in [0.4, 0.5) is 0 Å². The minimum absolute atomic E-state index is 0.109. The first-order valence-electron chi connectivity index (χ1n) is 9.39. The second-order valence-corrected chi connectivity index (χ2v) is 6.92. The number of rotatable bonds is 10. The monoisotopic (exact) mass is 405 g/mol. The zero-order valence-corrected chi connectivity index (χ0v) is 17.6. The molecule has 0 aliphatic rings. The summed E-state index contributed by atoms with van der Waals surface area (Å²) in [6, 6.07) is 11.3. The van der Waals surface area contributed by atoms with E-state index < -0.39 is 6.10 Å². The van der Waals surface area contributed by atoms with Crippen molar-refractivity contribution >= 4 is 17.5 Å². The third kappa shape index (κ3) is 6.06. The lowest BCUT2D eigenvalue weighted by atomic mass is 10.1. The van der Waals surface area contributed by atoms with E-state index in [1.807, 2.05) is 38.1 Å². The molecule has 0 aliphatic heterocycles. The van der Waals surface area contributed by atoms with E-state index in [0.717, 1.165) is 24.0 Å². The molecule has 0 saturated heterocycles. The number of amides is 1. The lowest BCUT2D eigenvalue weighted by Crippen LogP contribution is -2.38. The molecule has 0 unspecified atom stereocenters. The maximum atomic E-state index is 12.4. The fraction of sp³-hybridized carbons (Fsp3) is 0.409. The van der Waals surface area contributed by atoms with Crippen LogP contribution in [0.25, 0.3) is 0 Å². The number of hydrogen-bond acceptors (Lipinski definition) is 4. The zero-order valence-electron chi connectivity index (χ0n) is 16.9. The molecular formula is C22H28ClNO4. The molecule has 1 N–H and O–H groups in total. The maximum absolute atomic E-state index is 12.4. The number of halogens is 1. The largest absolute Gasteiger partial charge is 0.493 e. The van der Waals surface area contributed by atoms with Gasteiger partial charge in [-0.3, -0.25) is 4.79 Å². The second kappa shape index (κ2) is 10.8. The molecule has 6 heteroatoms. The number of benzene rings is 2. The van der Waals surface area contributed by atoms with Gasteiger partial charge in [0.1, 0.15) is 5.75 Å². The summed E-state index contributed by atoms with van der Waals surface area (Å²) in [5.74, 6) is 1.96. The van der Waals surface area contributed by atoms with Crippen molar-refractivity contribution in [3.8, 4) is 17.2 Å². The highest BCUT2D eigenvalue weighted by atomic mass is 35.5. The van der Waals surface area contributed by atoms with E-state index in [2.05, 4.69) is 5.32 Å². The van der Waals surface area contributed by atoms with E-state index in [9.17, 15) is 4.79 Å². The van der Waals surface area contributed by atoms with Crippen molar-refractivity contribution in [1.29, 1.82) is 0 Å². The molecule has 0 bridgehead atoms. The van der Waals surface area contributed by atoms with Gasteiger partial charge in [0.15, 0.2) is 17.6 Å². The summed E-state index contributed by atoms with van der Waals surface area (Å²) in [6.07, 6.45) is 1.71. The van der Waals surface area contributed by atoms with Crippen LogP contribution >= 0.6 is 11.6 Å². The van der Waals surface area contributed by atoms with Crippen molar-refractivity contribution in [3.05, 3.63) is 52.5 Å². The molecule has 0 aromatic heterocycles. The number of methoxy groups -OCH3 is 2. The van der Waals surface area contributed by atoms with Crippen LogP contribution in [0.3, 0.4) is 0 Å². The Bertz CT molecular complexity index is 794. The lowest BCUT2D eigenvalue weighted by Gasteiger charge is -2.18. The fourth-order valence-corrected chi connectivity index (χ4v) is 2.95. The fourth-order valence-electron chi connectivity index (χ4n) is 2.83. The standard InChI is InChI=1S/C22H28ClNO4/c1-5-19(28-17-9-10-18(23)15(2)13-17)22(25)24-12-6-7-16-8-11-20(26-3)21(14-16)27-4/h8-11,13-14,19H,5-7,12H2,1-4H3,(H,24,25)/t19-/m0/s1. The molecule has 2 rings (SSSR count). The Hall–Kier alpha value is -2.40. The topological polar surface area (TPSA) is 56.8 Å². The summed E-state index contributed by atoms with van der Waals surface area (Å²) in [7, 11) is 3.24. The van der Waals surface area contributed by atoms with E-state index in [4.69, 9.17) is 25.8 Å². The van der Waals surface area contributed by atoms with Gasteiger partial charge in [-0.05, 0) is 67.6 Å². The highest BCUT2D eigenvalue weighted by Gasteiger charge is 2.18. The van der Waals surface area contributed by atoms with Crippen LogP contribution in [-0.2, 0) is 11.2 Å². The van der Waals surface area contributed by atoms with Crippen molar-refractivity contribution in [2.45, 2.75) is 39.2 Å². The average molecular weight is 406 g/mol. The van der Waals surface area contributed by atoms with Crippen molar-refractivity contribution in [2.24, 2.45) is 0 Å². The molecule has 152 valence electrons. The quantitative estimate of drug-likeness (QED) is 0.588. The van der Waals surface area contributed by atoms with Crippen LogP contribution in [-0.4, -0.2) is 32.8 Å². The van der Waals surface area contributed by atoms with Crippen molar-refractivity contribution < 1.29 is 19.0 Å². The van der Waals surface area contributed by atoms with Crippen molar-refractivity contribution in [2.75, 3.05) is 20.8 Å². The van der Waals surface area contributed by atoms with Gasteiger partial charge in [0, 0.05) is 11.6 Å². The Balaban J connectivity index is 1.82. The SMILES string of the molecule is CC[C@H](Oc1ccc(Cl)c(C)c1)C(=O)NCCCc1ccc(OC)c(OC)c1. The molecule has 5 nitrogen and oxygen atoms in total. The van der Waals surface area contributed by atoms with Gasteiger partial charge in [0.05, 0.1) is 14.2 Å². The molecule has 0 aliphatic carbocycles. The van der Waals surface area contributed by atoms with E-state index in [0.29, 0.717) is 35.2 Å². The maximum Gasteiger partial charge on any atom is 0.261 e. The van der Waals surface area contributed by atoms with Crippen molar-refractivity contribution in [3.63, 3.8) is 0 Å². The molecule has 28 heavy (non-hydrogen) atoms. The highest BCUT2D eigenvalue weighted by Crippen LogP contribution is 2.28. The van der Waals surface area contributed by atoms with Crippen LogP contribution < -0.4 is 19.5 Å². The average Bonchev–Trinajstić information content (AvgIpc) is 2.71. The highest BCUT2D eigenvalue weighted by molar-refractivity contribution is 6.31. The summed E-state index contributed by atoms with van der Waals surface area (Å²) >= 11 is 6.03. The third-order valence-electron chi connectivity index (χ3n) is 4.46. The Kier molecular flexibility index (Phi) is 8.45. The van der Waals surface area contributed by atoms with Crippen LogP contribution in [0.15, 0.2) is 36.4 Å². The van der Waals surface area contributed by atoms with Crippen molar-refractivity contribution in [1.82, 2.24) is 5.32 Å². The second-order valence-electron chi connectivity index (χ2n) is 6.51. The predicted octanol–water partition coefficient (Wildman–Crippen LogP) is 4.57. The van der Waals surface area contributed by atoms with E-state index >= 15 is 0 Å². The third-order valence-corrected chi connectivity index (χ3v) is 4.88. The first-order valence-corrected chi connectivity index (χ1v) is 9.77. The molecule has 2 aromatic carbocycles. The smallest absolute Gasteiger partial charge is 0.261 e. The number of hydrogen-bond donors (Lipinski definition) is 1. The van der Waals surface area contributed by atoms with Crippen LogP contribution in [0.5, 0.6) is 17.2 Å². The van der Waals surface area contributed by atoms with Crippen LogP contribution in [0.1, 0.15) is 30.9 Å². The van der Waals surface area contributed by atoms with Gasteiger partial charge in [-0.2, -0.15) is 0 Å². The van der Waals surface area contributed by atoms with Gasteiger partial charge >= 0.3 is 0 Å². The summed E-state index contributed by atoms with van der Waals surface area (Å²) in [5.41, 5.74) is 2.05. The first kappa shape index (κ1) is 21.9. The molecule has 0 radical (unpaired) electrons. The summed E-state index contributed by atoms with van der Waals surface area (Å²) in [6.45, 7) is 4.41. The lowest BCUT2D eigenvalue weighted by molar-refractivity contribution is -0.128. The van der Waals surface area contributed by atoms with Gasteiger partial charge in [-0.1, -0.05) is 24.6 Å². The molecule has 0 saturated carbocycles. The van der Waals surface area contributed by atoms with Gasteiger partial charge in [0.2, 0.25) is 0 Å². The number of nitrogens with one attached hydrogen (secondary N) is 1. The predicted molar refractivity (Wildman–Crippen MR) is 112 cm³/mol. The van der Waals surface area contributed by atoms with Crippen LogP contribution in [0.2, 0.25) is 5.02 Å². The minimum atomic E-state index is -0.526. The first-order chi connectivity index (χ1) is 13.5. The number of ether oxygens (including phenoxy) is 3.